The zero-order valence-corrected chi connectivity index (χ0v) is 9.53. The number of urea groups is 1. The van der Waals surface area contributed by atoms with Crippen LogP contribution in [-0.4, -0.2) is 28.2 Å². The van der Waals surface area contributed by atoms with E-state index >= 15 is 0 Å². The molecular weight excluding hydrogens is 248 g/mol. The fourth-order valence-electron chi connectivity index (χ4n) is 1.79. The van der Waals surface area contributed by atoms with Crippen molar-refractivity contribution in [1.82, 2.24) is 20.8 Å². The van der Waals surface area contributed by atoms with Gasteiger partial charge in [-0.25, -0.2) is 4.79 Å². The maximum absolute atomic E-state index is 11.3. The summed E-state index contributed by atoms with van der Waals surface area (Å²) in [6, 6.07) is 3.62. The van der Waals surface area contributed by atoms with E-state index in [1.807, 2.05) is 0 Å². The molecule has 7 nitrogen and oxygen atoms in total. The van der Waals surface area contributed by atoms with Crippen LogP contribution in [0.1, 0.15) is 5.56 Å². The molecule has 1 aromatic carbocycles. The number of hydrogen-bond acceptors (Lipinski definition) is 3. The molecule has 0 unspecified atom stereocenters. The molecule has 1 saturated heterocycles. The molecule has 0 saturated carbocycles. The predicted molar refractivity (Wildman–Crippen MR) is 66.3 cm³/mol. The maximum Gasteiger partial charge on any atom is 0.322 e. The highest BCUT2D eigenvalue weighted by atomic mass is 16.2. The molecule has 19 heavy (non-hydrogen) atoms. The van der Waals surface area contributed by atoms with Gasteiger partial charge in [0.05, 0.1) is 10.9 Å². The highest BCUT2D eigenvalue weighted by Crippen LogP contribution is 2.08. The van der Waals surface area contributed by atoms with Gasteiger partial charge in [0, 0.05) is 5.56 Å². The van der Waals surface area contributed by atoms with E-state index < -0.39 is 18.0 Å². The number of hydrogen-bond donors (Lipinski definition) is 4. The van der Waals surface area contributed by atoms with Gasteiger partial charge in [0.15, 0.2) is 6.04 Å². The third kappa shape index (κ3) is 1.95. The van der Waals surface area contributed by atoms with Crippen LogP contribution in [-0.2, 0) is 4.79 Å². The summed E-state index contributed by atoms with van der Waals surface area (Å²) in [6.07, 6.45) is 0. The normalized spacial score (nSPS) is 17.8. The van der Waals surface area contributed by atoms with Gasteiger partial charge in [-0.15, -0.1) is 0 Å². The van der Waals surface area contributed by atoms with Gasteiger partial charge in [-0.1, -0.05) is 11.8 Å². The molecule has 2 aromatic rings. The third-order valence-electron chi connectivity index (χ3n) is 2.71. The molecule has 1 fully saturated rings. The number of carbonyl (C=O) groups excluding carboxylic acids is 2. The fourth-order valence-corrected chi connectivity index (χ4v) is 1.79. The highest BCUT2D eigenvalue weighted by molar-refractivity contribution is 6.05. The smallest absolute Gasteiger partial charge is 0.316 e. The summed E-state index contributed by atoms with van der Waals surface area (Å²) in [6.45, 7) is 0. The molecule has 0 aliphatic carbocycles. The number of amides is 3. The Bertz CT molecular complexity index is 805. The van der Waals surface area contributed by atoms with Crippen LogP contribution in [0.4, 0.5) is 4.79 Å². The molecular formula is C12H8N4O3. The van der Waals surface area contributed by atoms with E-state index in [2.05, 4.69) is 32.7 Å². The first-order chi connectivity index (χ1) is 9.13. The minimum Gasteiger partial charge on any atom is -0.316 e. The molecule has 1 aliphatic rings. The van der Waals surface area contributed by atoms with Crippen LogP contribution >= 0.6 is 0 Å². The molecule has 3 amide bonds. The van der Waals surface area contributed by atoms with Crippen molar-refractivity contribution < 1.29 is 9.59 Å². The first kappa shape index (κ1) is 11.1. The molecule has 1 aliphatic heterocycles. The Hall–Kier alpha value is -3.01. The van der Waals surface area contributed by atoms with E-state index in [-0.39, 0.29) is 5.56 Å². The lowest BCUT2D eigenvalue weighted by molar-refractivity contribution is -0.119. The minimum atomic E-state index is -0.839. The number of benzene rings is 1. The molecule has 3 rings (SSSR count). The second-order valence-electron chi connectivity index (χ2n) is 4.00. The lowest BCUT2D eigenvalue weighted by atomic mass is 10.1. The van der Waals surface area contributed by atoms with E-state index in [4.69, 9.17) is 0 Å². The second kappa shape index (κ2) is 4.03. The Labute approximate surface area is 106 Å². The molecule has 7 heteroatoms. The Kier molecular flexibility index (Phi) is 2.35. The van der Waals surface area contributed by atoms with E-state index in [1.54, 1.807) is 18.2 Å². The maximum atomic E-state index is 11.3. The van der Waals surface area contributed by atoms with Gasteiger partial charge in [-0.3, -0.25) is 25.1 Å². The minimum absolute atomic E-state index is 0.197. The summed E-state index contributed by atoms with van der Waals surface area (Å²) in [7, 11) is 0. The first-order valence-corrected chi connectivity index (χ1v) is 5.47. The molecule has 4 N–H and O–H groups in total. The summed E-state index contributed by atoms with van der Waals surface area (Å²) >= 11 is 0. The molecule has 94 valence electrons. The SMILES string of the molecule is O=C1NC(=O)[C@H](C#Cc2ccc3c(=O)[nH][nH]c3c2)N1. The number of fused-ring (bicyclic) bond motifs is 1. The number of H-pyrrole nitrogens is 2. The topological polar surface area (TPSA) is 107 Å². The zero-order chi connectivity index (χ0) is 13.4. The van der Waals surface area contributed by atoms with Gasteiger partial charge in [-0.05, 0) is 18.2 Å². The number of imide groups is 1. The first-order valence-electron chi connectivity index (χ1n) is 5.47. The molecule has 0 radical (unpaired) electrons. The molecule has 1 atom stereocenters. The van der Waals surface area contributed by atoms with Crippen molar-refractivity contribution in [3.8, 4) is 11.8 Å². The summed E-state index contributed by atoms with van der Waals surface area (Å²) < 4.78 is 0. The van der Waals surface area contributed by atoms with Crippen LogP contribution in [0, 0.1) is 11.8 Å². The van der Waals surface area contributed by atoms with Gasteiger partial charge >= 0.3 is 6.03 Å². The predicted octanol–water partition coefficient (Wildman–Crippen LogP) is -0.584. The average Bonchev–Trinajstić information content (AvgIpc) is 2.90. The van der Waals surface area contributed by atoms with E-state index in [9.17, 15) is 14.4 Å². The lowest BCUT2D eigenvalue weighted by Crippen LogP contribution is -2.26. The largest absolute Gasteiger partial charge is 0.322 e. The van der Waals surface area contributed by atoms with Crippen molar-refractivity contribution >= 4 is 22.8 Å². The van der Waals surface area contributed by atoms with Gasteiger partial charge < -0.3 is 5.32 Å². The van der Waals surface area contributed by atoms with Crippen LogP contribution in [0.2, 0.25) is 0 Å². The van der Waals surface area contributed by atoms with Crippen LogP contribution < -0.4 is 16.2 Å². The highest BCUT2D eigenvalue weighted by Gasteiger charge is 2.27. The van der Waals surface area contributed by atoms with Gasteiger partial charge in [0.2, 0.25) is 0 Å². The molecule has 0 bridgehead atoms. The van der Waals surface area contributed by atoms with Crippen LogP contribution in [0.15, 0.2) is 23.0 Å². The van der Waals surface area contributed by atoms with Crippen molar-refractivity contribution in [2.45, 2.75) is 6.04 Å². The Morgan fingerprint density at radius 2 is 1.95 bits per heavy atom. The third-order valence-corrected chi connectivity index (χ3v) is 2.71. The number of rotatable bonds is 0. The monoisotopic (exact) mass is 256 g/mol. The van der Waals surface area contributed by atoms with Crippen molar-refractivity contribution in [2.75, 3.05) is 0 Å². The Balaban J connectivity index is 1.92. The zero-order valence-electron chi connectivity index (χ0n) is 9.53. The number of carbonyl (C=O) groups is 2. The lowest BCUT2D eigenvalue weighted by Gasteiger charge is -1.95. The summed E-state index contributed by atoms with van der Waals surface area (Å²) in [5.74, 6) is 4.97. The van der Waals surface area contributed by atoms with E-state index in [0.29, 0.717) is 16.5 Å². The van der Waals surface area contributed by atoms with Crippen LogP contribution in [0.25, 0.3) is 10.9 Å². The Morgan fingerprint density at radius 3 is 2.68 bits per heavy atom. The molecule has 2 heterocycles. The standard InChI is InChI=1S/C12H8N4O3/c17-10-7-3-1-6(5-9(7)15-16-10)2-4-8-11(18)14-12(19)13-8/h1,3,5,8H,(H2,15,16,17)(H2,13,14,18,19)/t8-/m0/s1. The Morgan fingerprint density at radius 1 is 1.11 bits per heavy atom. The van der Waals surface area contributed by atoms with Crippen LogP contribution in [0.5, 0.6) is 0 Å². The summed E-state index contributed by atoms with van der Waals surface area (Å²) in [5, 5.41) is 10.2. The van der Waals surface area contributed by atoms with Gasteiger partial charge in [0.25, 0.3) is 11.5 Å². The second-order valence-corrected chi connectivity index (χ2v) is 4.00. The summed E-state index contributed by atoms with van der Waals surface area (Å²) in [5.41, 5.74) is 1.07. The van der Waals surface area contributed by atoms with Crippen LogP contribution in [0.3, 0.4) is 0 Å². The average molecular weight is 256 g/mol. The van der Waals surface area contributed by atoms with Crippen molar-refractivity contribution in [1.29, 1.82) is 0 Å². The van der Waals surface area contributed by atoms with E-state index in [1.165, 1.54) is 0 Å². The number of aromatic amines is 2. The van der Waals surface area contributed by atoms with Crippen molar-refractivity contribution in [3.05, 3.63) is 34.1 Å². The number of aromatic nitrogens is 2. The fraction of sp³-hybridized carbons (Fsp3) is 0.0833. The summed E-state index contributed by atoms with van der Waals surface area (Å²) in [4.78, 5) is 33.5. The van der Waals surface area contributed by atoms with E-state index in [0.717, 1.165) is 0 Å². The van der Waals surface area contributed by atoms with Crippen molar-refractivity contribution in [3.63, 3.8) is 0 Å². The van der Waals surface area contributed by atoms with Gasteiger partial charge in [-0.2, -0.15) is 0 Å². The quantitative estimate of drug-likeness (QED) is 0.374. The van der Waals surface area contributed by atoms with Crippen molar-refractivity contribution in [2.24, 2.45) is 0 Å². The molecule has 0 spiro atoms. The van der Waals surface area contributed by atoms with Gasteiger partial charge in [0.1, 0.15) is 0 Å². The number of nitrogens with one attached hydrogen (secondary N) is 4. The molecule has 1 aromatic heterocycles.